The quantitative estimate of drug-likeness (QED) is 0.0857. The normalized spacial score (nSPS) is 11.5. The van der Waals surface area contributed by atoms with E-state index < -0.39 is 0 Å². The number of fused-ring (bicyclic) bond motifs is 18. The smallest absolute Gasteiger partial charge is 0.127 e. The molecule has 0 aliphatic carbocycles. The van der Waals surface area contributed by atoms with Crippen LogP contribution in [0.25, 0.3) is 165 Å². The molecule has 0 amide bonds. The van der Waals surface area contributed by atoms with Gasteiger partial charge in [0.1, 0.15) is 23.1 Å². The number of ether oxygens (including phenoxy) is 2. The first-order valence-electron chi connectivity index (χ1n) is 49.0. The second-order valence-electron chi connectivity index (χ2n) is 36.4. The van der Waals surface area contributed by atoms with E-state index in [1.165, 1.54) is 110 Å². The molecule has 28 aromatic rings. The predicted octanol–water partition coefficient (Wildman–Crippen LogP) is 36.0. The summed E-state index contributed by atoms with van der Waals surface area (Å²) in [7, 11) is 1.71. The minimum absolute atomic E-state index is 0.258. The number of methoxy groups -OCH3 is 1. The first kappa shape index (κ1) is 85.9. The van der Waals surface area contributed by atoms with Crippen LogP contribution in [0.5, 0.6) is 17.2 Å². The van der Waals surface area contributed by atoms with E-state index in [1.54, 1.807) is 7.11 Å². The molecule has 6 aromatic heterocycles. The zero-order valence-corrected chi connectivity index (χ0v) is 79.1. The van der Waals surface area contributed by atoms with Gasteiger partial charge in [-0.3, -0.25) is 0 Å². The van der Waals surface area contributed by atoms with Crippen LogP contribution in [0.3, 0.4) is 0 Å². The maximum Gasteiger partial charge on any atom is 0.127 e. The summed E-state index contributed by atoms with van der Waals surface area (Å²) in [6.07, 6.45) is 0. The van der Waals surface area contributed by atoms with Crippen LogP contribution in [0.1, 0.15) is 0 Å². The van der Waals surface area contributed by atoms with Crippen molar-refractivity contribution >= 4 is 182 Å². The van der Waals surface area contributed by atoms with Crippen LogP contribution in [0.2, 0.25) is 0 Å². The molecule has 22 aromatic carbocycles. The molecule has 0 aliphatic rings. The minimum atomic E-state index is -0.258. The minimum Gasteiger partial charge on any atom is -0.497 e. The Bertz CT molecular complexity index is 9240. The molecule has 6 heterocycles. The van der Waals surface area contributed by atoms with E-state index in [4.69, 9.17) is 9.47 Å². The SMILES string of the molecule is COc1ccc(N(c2ccc3c(c2)c2ccccc2n3-c2ccccc2)c2ccc3c(c2)c2ccccc2n3-c2ccccc2)cc1.Fc1ccc(N(c2ccc3c(c2)c2ccccc2n3-c2ccccc2)c2ccc3c(c2)c2ccccc2n3-c2ccccc2)cc1.c1ccc(Oc2ccc(N(c3ccc4c(c3)c3ccccc3n4-c3ccccc3)c3ccc4c(c3)c3ccccc3n4-c3ccccc3)cc2)cc1. The Balaban J connectivity index is 0.000000111. The van der Waals surface area contributed by atoms with Gasteiger partial charge in [0.2, 0.25) is 0 Å². The Morgan fingerprint density at radius 3 is 0.531 bits per heavy atom. The van der Waals surface area contributed by atoms with Crippen LogP contribution in [-0.2, 0) is 0 Å². The van der Waals surface area contributed by atoms with Gasteiger partial charge >= 0.3 is 0 Å². The fraction of sp³-hybridized carbons (Fsp3) is 0.00752. The summed E-state index contributed by atoms with van der Waals surface area (Å²) in [4.78, 5) is 6.93. The molecule has 0 N–H and O–H groups in total. The van der Waals surface area contributed by atoms with Crippen LogP contribution in [-0.4, -0.2) is 34.5 Å². The lowest BCUT2D eigenvalue weighted by atomic mass is 10.1. The van der Waals surface area contributed by atoms with Gasteiger partial charge in [0.05, 0.1) is 73.3 Å². The van der Waals surface area contributed by atoms with Crippen molar-refractivity contribution in [3.63, 3.8) is 0 Å². The molecule has 145 heavy (non-hydrogen) atoms. The number of anilines is 9. The van der Waals surface area contributed by atoms with Gasteiger partial charge < -0.3 is 51.6 Å². The molecule has 0 fully saturated rings. The lowest BCUT2D eigenvalue weighted by Gasteiger charge is -2.26. The molecule has 28 rings (SSSR count). The van der Waals surface area contributed by atoms with E-state index >= 15 is 0 Å². The molecule has 11 nitrogen and oxygen atoms in total. The van der Waals surface area contributed by atoms with Crippen LogP contribution in [0.15, 0.2) is 540 Å². The first-order valence-corrected chi connectivity index (χ1v) is 49.0. The van der Waals surface area contributed by atoms with E-state index in [1.807, 2.05) is 66.7 Å². The second-order valence-corrected chi connectivity index (χ2v) is 36.4. The highest BCUT2D eigenvalue weighted by molar-refractivity contribution is 6.17. The average Bonchev–Trinajstić information content (AvgIpc) is 1.59. The molecule has 0 unspecified atom stereocenters. The third-order valence-electron chi connectivity index (χ3n) is 28.1. The van der Waals surface area contributed by atoms with Gasteiger partial charge in [-0.15, -0.1) is 0 Å². The lowest BCUT2D eigenvalue weighted by molar-refractivity contribution is 0.415. The van der Waals surface area contributed by atoms with E-state index in [9.17, 15) is 4.39 Å². The molecule has 0 spiro atoms. The topological polar surface area (TPSA) is 57.8 Å². The highest BCUT2D eigenvalue weighted by Gasteiger charge is 2.27. The van der Waals surface area contributed by atoms with Crippen LogP contribution < -0.4 is 24.2 Å². The molecule has 0 saturated carbocycles. The zero-order chi connectivity index (χ0) is 96.4. The summed E-state index contributed by atoms with van der Waals surface area (Å²) in [6, 6.07) is 189. The van der Waals surface area contributed by atoms with Crippen molar-refractivity contribution in [3.8, 4) is 51.4 Å². The standard InChI is InChI=1S/C48H33N3O.C43H31N3O.C42H28FN3/c1-4-14-34(15-5-1)50-45-22-12-10-20-41(45)43-32-37(26-30-47(43)50)49(36-24-28-40(29-25-36)52-39-18-8-3-9-19-39)38-27-31-48-44(33-38)42-21-11-13-23-46(42)51(48)35-16-6-2-7-17-35;1-47-35-24-20-32(21-25-35)44(33-22-26-42-38(28-33)36-16-8-10-18-40(36)45(42)30-12-4-2-5-13-30)34-23-27-43-39(29-34)37-17-9-11-19-41(37)46(43)31-14-6-3-7-15-31;43-29-19-21-32(22-20-29)44(33-23-25-41-37(27-33)35-15-7-9-17-39(35)45(41)30-11-3-1-4-12-30)34-24-26-42-38(28-34)36-16-8-10-18-40(36)46(42)31-13-5-2-6-14-31/h1-33H;2-29H,1H3;1-28H. The van der Waals surface area contributed by atoms with Crippen molar-refractivity contribution in [2.45, 2.75) is 0 Å². The summed E-state index contributed by atoms with van der Waals surface area (Å²) in [5.74, 6) is 2.17. The number of para-hydroxylation sites is 13. The van der Waals surface area contributed by atoms with Crippen LogP contribution in [0, 0.1) is 5.82 Å². The largest absolute Gasteiger partial charge is 0.497 e. The van der Waals surface area contributed by atoms with Gasteiger partial charge in [0.25, 0.3) is 0 Å². The molecule has 0 saturated heterocycles. The number of benzene rings is 22. The van der Waals surface area contributed by atoms with Crippen LogP contribution in [0.4, 0.5) is 55.6 Å². The lowest BCUT2D eigenvalue weighted by Crippen LogP contribution is -2.10. The van der Waals surface area contributed by atoms with E-state index in [-0.39, 0.29) is 5.82 Å². The Morgan fingerprint density at radius 1 is 0.152 bits per heavy atom. The number of nitrogens with zero attached hydrogens (tertiary/aromatic N) is 9. The Hall–Kier alpha value is -19.4. The van der Waals surface area contributed by atoms with Crippen molar-refractivity contribution in [1.29, 1.82) is 0 Å². The Kier molecular flexibility index (Phi) is 21.8. The maximum atomic E-state index is 14.2. The highest BCUT2D eigenvalue weighted by Crippen LogP contribution is 2.49. The first-order chi connectivity index (χ1) is 71.8. The summed E-state index contributed by atoms with van der Waals surface area (Å²) in [5, 5.41) is 14.4. The van der Waals surface area contributed by atoms with Gasteiger partial charge in [-0.25, -0.2) is 4.39 Å². The van der Waals surface area contributed by atoms with Crippen molar-refractivity contribution in [1.82, 2.24) is 27.4 Å². The summed E-state index contributed by atoms with van der Waals surface area (Å²) >= 11 is 0. The molecular formula is C133H92FN9O2. The number of hydrogen-bond donors (Lipinski definition) is 0. The summed E-state index contributed by atoms with van der Waals surface area (Å²) < 4.78 is 40.0. The molecule has 0 bridgehead atoms. The fourth-order valence-electron chi connectivity index (χ4n) is 21.7. The molecule has 0 atom stereocenters. The van der Waals surface area contributed by atoms with Gasteiger partial charge in [0.15, 0.2) is 0 Å². The van der Waals surface area contributed by atoms with Crippen molar-refractivity contribution < 1.29 is 13.9 Å². The number of aromatic nitrogens is 6. The molecule has 12 heteroatoms. The molecular weight excluding hydrogens is 1770 g/mol. The Morgan fingerprint density at radius 2 is 0.317 bits per heavy atom. The van der Waals surface area contributed by atoms with Gasteiger partial charge in [-0.1, -0.05) is 237 Å². The molecule has 0 radical (unpaired) electrons. The fourth-order valence-corrected chi connectivity index (χ4v) is 21.7. The van der Waals surface area contributed by atoms with Crippen molar-refractivity contribution in [2.75, 3.05) is 21.8 Å². The van der Waals surface area contributed by atoms with E-state index in [0.717, 1.165) is 135 Å². The van der Waals surface area contributed by atoms with Gasteiger partial charge in [-0.05, 0) is 303 Å². The van der Waals surface area contributed by atoms with Crippen molar-refractivity contribution in [3.05, 3.63) is 546 Å². The zero-order valence-electron chi connectivity index (χ0n) is 79.1. The average molecular weight is 1870 g/mol. The highest BCUT2D eigenvalue weighted by atomic mass is 19.1. The van der Waals surface area contributed by atoms with E-state index in [2.05, 4.69) is 503 Å². The van der Waals surface area contributed by atoms with E-state index in [0.29, 0.717) is 0 Å². The number of halogens is 1. The second kappa shape index (κ2) is 36.7. The third kappa shape index (κ3) is 15.4. The Labute approximate surface area is 836 Å². The van der Waals surface area contributed by atoms with Gasteiger partial charge in [0, 0.05) is 150 Å². The third-order valence-corrected chi connectivity index (χ3v) is 28.1. The van der Waals surface area contributed by atoms with Gasteiger partial charge in [-0.2, -0.15) is 0 Å². The number of rotatable bonds is 18. The molecule has 0 aliphatic heterocycles. The maximum absolute atomic E-state index is 14.2. The monoisotopic (exact) mass is 1870 g/mol. The predicted molar refractivity (Wildman–Crippen MR) is 602 cm³/mol. The summed E-state index contributed by atoms with van der Waals surface area (Å²) in [6.45, 7) is 0. The molecule has 688 valence electrons. The van der Waals surface area contributed by atoms with Crippen molar-refractivity contribution in [2.24, 2.45) is 0 Å². The number of hydrogen-bond acceptors (Lipinski definition) is 5. The van der Waals surface area contributed by atoms with Crippen LogP contribution >= 0.6 is 0 Å². The summed E-state index contributed by atoms with van der Waals surface area (Å²) in [5.41, 5.74) is 30.2.